The number of amides is 2. The van der Waals surface area contributed by atoms with Crippen LogP contribution in [0.2, 0.25) is 0 Å². The third-order valence-electron chi connectivity index (χ3n) is 5.20. The summed E-state index contributed by atoms with van der Waals surface area (Å²) in [5.41, 5.74) is 2.71. The second-order valence-electron chi connectivity index (χ2n) is 7.13. The number of aromatic nitrogens is 1. The van der Waals surface area contributed by atoms with Crippen LogP contribution in [-0.4, -0.2) is 34.8 Å². The highest BCUT2D eigenvalue weighted by Gasteiger charge is 2.40. The molecule has 3 aromatic rings. The molecule has 146 valence electrons. The Balaban J connectivity index is 1.58. The lowest BCUT2D eigenvalue weighted by molar-refractivity contribution is -0.143. The fourth-order valence-electron chi connectivity index (χ4n) is 3.77. The summed E-state index contributed by atoms with van der Waals surface area (Å²) >= 11 is 0. The topological polar surface area (TPSA) is 53.5 Å². The Kier molecular flexibility index (Phi) is 5.66. The van der Waals surface area contributed by atoms with Gasteiger partial charge in [-0.15, -0.1) is 0 Å². The van der Waals surface area contributed by atoms with E-state index >= 15 is 0 Å². The van der Waals surface area contributed by atoms with Gasteiger partial charge in [-0.2, -0.15) is 0 Å². The lowest BCUT2D eigenvalue weighted by Crippen LogP contribution is -2.56. The number of nitrogens with zero attached hydrogens (tertiary/aromatic N) is 3. The number of pyridine rings is 1. The van der Waals surface area contributed by atoms with Crippen LogP contribution in [0.15, 0.2) is 85.2 Å². The van der Waals surface area contributed by atoms with Gasteiger partial charge in [0, 0.05) is 30.2 Å². The van der Waals surface area contributed by atoms with Crippen molar-refractivity contribution in [3.05, 3.63) is 96.3 Å². The van der Waals surface area contributed by atoms with Crippen LogP contribution < -0.4 is 4.90 Å². The first kappa shape index (κ1) is 18.9. The molecule has 0 spiro atoms. The van der Waals surface area contributed by atoms with Crippen LogP contribution in [0.3, 0.4) is 0 Å². The summed E-state index contributed by atoms with van der Waals surface area (Å²) in [7, 11) is 0. The molecule has 1 atom stereocenters. The van der Waals surface area contributed by atoms with E-state index in [1.807, 2.05) is 54.6 Å². The van der Waals surface area contributed by atoms with Gasteiger partial charge in [0.2, 0.25) is 5.91 Å². The lowest BCUT2D eigenvalue weighted by atomic mass is 10.0. The van der Waals surface area contributed by atoms with Gasteiger partial charge in [0.15, 0.2) is 0 Å². The Morgan fingerprint density at radius 2 is 1.62 bits per heavy atom. The highest BCUT2D eigenvalue weighted by atomic mass is 16.2. The highest BCUT2D eigenvalue weighted by Crippen LogP contribution is 2.30. The predicted octanol–water partition coefficient (Wildman–Crippen LogP) is 3.63. The number of aryl methyl sites for hydroxylation is 1. The monoisotopic (exact) mass is 385 g/mol. The number of carbonyl (C=O) groups excluding carboxylic acids is 2. The number of hydrogen-bond acceptors (Lipinski definition) is 3. The molecular weight excluding hydrogens is 362 g/mol. The standard InChI is InChI=1S/C24H23N3O2/c28-22-18-27(21-13-5-2-6-14-21)24(29)23(20-12-7-15-25-17-20)26(22)16-8-11-19-9-3-1-4-10-19/h1-7,9-10,12-15,17,23H,8,11,16,18H2/t23-/m0/s1. The van der Waals surface area contributed by atoms with E-state index in [9.17, 15) is 9.59 Å². The van der Waals surface area contributed by atoms with E-state index in [-0.39, 0.29) is 18.4 Å². The molecule has 0 N–H and O–H groups in total. The minimum Gasteiger partial charge on any atom is -0.325 e. The van der Waals surface area contributed by atoms with Gasteiger partial charge < -0.3 is 9.80 Å². The third-order valence-corrected chi connectivity index (χ3v) is 5.20. The first-order valence-corrected chi connectivity index (χ1v) is 9.84. The van der Waals surface area contributed by atoms with Gasteiger partial charge in [0.05, 0.1) is 0 Å². The summed E-state index contributed by atoms with van der Waals surface area (Å²) in [6.07, 6.45) is 5.01. The quantitative estimate of drug-likeness (QED) is 0.651. The number of para-hydroxylation sites is 1. The summed E-state index contributed by atoms with van der Waals surface area (Å²) in [5, 5.41) is 0. The molecule has 1 fully saturated rings. The first-order valence-electron chi connectivity index (χ1n) is 9.84. The summed E-state index contributed by atoms with van der Waals surface area (Å²) in [6.45, 7) is 0.590. The van der Waals surface area contributed by atoms with E-state index in [0.717, 1.165) is 24.1 Å². The number of rotatable bonds is 6. The minimum absolute atomic E-state index is 0.0460. The zero-order valence-corrected chi connectivity index (χ0v) is 16.1. The number of anilines is 1. The van der Waals surface area contributed by atoms with Crippen molar-refractivity contribution in [1.29, 1.82) is 0 Å². The zero-order valence-electron chi connectivity index (χ0n) is 16.1. The van der Waals surface area contributed by atoms with Crippen LogP contribution in [0.5, 0.6) is 0 Å². The average Bonchev–Trinajstić information content (AvgIpc) is 2.78. The molecule has 1 aliphatic heterocycles. The summed E-state index contributed by atoms with van der Waals surface area (Å²) in [6, 6.07) is 22.6. The van der Waals surface area contributed by atoms with Crippen LogP contribution >= 0.6 is 0 Å². The molecule has 0 aliphatic carbocycles. The van der Waals surface area contributed by atoms with Gasteiger partial charge >= 0.3 is 0 Å². The molecule has 1 aromatic heterocycles. The van der Waals surface area contributed by atoms with Crippen LogP contribution in [0.25, 0.3) is 0 Å². The van der Waals surface area contributed by atoms with E-state index in [1.165, 1.54) is 5.56 Å². The smallest absolute Gasteiger partial charge is 0.254 e. The second kappa shape index (κ2) is 8.69. The second-order valence-corrected chi connectivity index (χ2v) is 7.13. The molecule has 2 amide bonds. The van der Waals surface area contributed by atoms with Crippen molar-refractivity contribution in [2.45, 2.75) is 18.9 Å². The maximum atomic E-state index is 13.4. The van der Waals surface area contributed by atoms with Crippen molar-refractivity contribution in [1.82, 2.24) is 9.88 Å². The summed E-state index contributed by atoms with van der Waals surface area (Å²) < 4.78 is 0. The fraction of sp³-hybridized carbons (Fsp3) is 0.208. The molecule has 0 saturated carbocycles. The molecular formula is C24H23N3O2. The SMILES string of the molecule is O=C1[C@H](c2cccnc2)N(CCCc2ccccc2)C(=O)CN1c1ccccc1. The molecule has 5 nitrogen and oxygen atoms in total. The number of hydrogen-bond donors (Lipinski definition) is 0. The average molecular weight is 385 g/mol. The Bertz CT molecular complexity index is 961. The van der Waals surface area contributed by atoms with Crippen LogP contribution in [0.1, 0.15) is 23.6 Å². The van der Waals surface area contributed by atoms with Crippen LogP contribution in [-0.2, 0) is 16.0 Å². The molecule has 4 rings (SSSR count). The molecule has 5 heteroatoms. The molecule has 2 aromatic carbocycles. The summed E-state index contributed by atoms with van der Waals surface area (Å²) in [4.78, 5) is 33.9. The highest BCUT2D eigenvalue weighted by molar-refractivity contribution is 6.06. The van der Waals surface area contributed by atoms with E-state index in [1.54, 1.807) is 28.3 Å². The molecule has 1 saturated heterocycles. The van der Waals surface area contributed by atoms with E-state index in [4.69, 9.17) is 0 Å². The molecule has 29 heavy (non-hydrogen) atoms. The molecule has 1 aliphatic rings. The van der Waals surface area contributed by atoms with Gasteiger partial charge in [0.25, 0.3) is 5.91 Å². The number of benzene rings is 2. The molecule has 0 bridgehead atoms. The van der Waals surface area contributed by atoms with E-state index in [2.05, 4.69) is 17.1 Å². The van der Waals surface area contributed by atoms with E-state index in [0.29, 0.717) is 6.54 Å². The van der Waals surface area contributed by atoms with Crippen molar-refractivity contribution in [3.63, 3.8) is 0 Å². The van der Waals surface area contributed by atoms with Crippen molar-refractivity contribution in [2.24, 2.45) is 0 Å². The third kappa shape index (κ3) is 4.19. The van der Waals surface area contributed by atoms with Crippen molar-refractivity contribution >= 4 is 17.5 Å². The van der Waals surface area contributed by atoms with Gasteiger partial charge in [-0.25, -0.2) is 0 Å². The maximum Gasteiger partial charge on any atom is 0.254 e. The number of carbonyl (C=O) groups is 2. The normalized spacial score (nSPS) is 16.9. The lowest BCUT2D eigenvalue weighted by Gasteiger charge is -2.40. The Morgan fingerprint density at radius 1 is 0.897 bits per heavy atom. The van der Waals surface area contributed by atoms with E-state index < -0.39 is 6.04 Å². The van der Waals surface area contributed by atoms with Crippen molar-refractivity contribution in [2.75, 3.05) is 18.0 Å². The zero-order chi connectivity index (χ0) is 20.1. The number of piperazine rings is 1. The minimum atomic E-state index is -0.652. The predicted molar refractivity (Wildman–Crippen MR) is 112 cm³/mol. The van der Waals surface area contributed by atoms with Gasteiger partial charge in [-0.05, 0) is 36.6 Å². The molecule has 2 heterocycles. The van der Waals surface area contributed by atoms with Crippen molar-refractivity contribution in [3.8, 4) is 0 Å². The fourth-order valence-corrected chi connectivity index (χ4v) is 3.77. The largest absolute Gasteiger partial charge is 0.325 e. The first-order chi connectivity index (χ1) is 14.2. The summed E-state index contributed by atoms with van der Waals surface area (Å²) in [5.74, 6) is -0.140. The van der Waals surface area contributed by atoms with Crippen LogP contribution in [0, 0.1) is 0 Å². The van der Waals surface area contributed by atoms with Gasteiger partial charge in [-0.3, -0.25) is 14.6 Å². The van der Waals surface area contributed by atoms with Gasteiger partial charge in [-0.1, -0.05) is 54.6 Å². The molecule has 0 unspecified atom stereocenters. The Hall–Kier alpha value is -3.47. The molecule has 0 radical (unpaired) electrons. The Labute approximate surface area is 170 Å². The maximum absolute atomic E-state index is 13.4. The Morgan fingerprint density at radius 3 is 2.31 bits per heavy atom. The van der Waals surface area contributed by atoms with Crippen molar-refractivity contribution < 1.29 is 9.59 Å². The van der Waals surface area contributed by atoms with Gasteiger partial charge in [0.1, 0.15) is 12.6 Å². The van der Waals surface area contributed by atoms with Crippen LogP contribution in [0.4, 0.5) is 5.69 Å².